The van der Waals surface area contributed by atoms with E-state index in [0.29, 0.717) is 18.7 Å². The zero-order valence-corrected chi connectivity index (χ0v) is 18.9. The number of rotatable bonds is 5. The van der Waals surface area contributed by atoms with Crippen LogP contribution in [0.4, 0.5) is 0 Å². The summed E-state index contributed by atoms with van der Waals surface area (Å²) in [5, 5.41) is 3.91. The molecule has 0 spiro atoms. The quantitative estimate of drug-likeness (QED) is 0.706. The Labute approximate surface area is 183 Å². The predicted octanol–water partition coefficient (Wildman–Crippen LogP) is 3.48. The van der Waals surface area contributed by atoms with Crippen molar-refractivity contribution in [2.24, 2.45) is 5.92 Å². The lowest BCUT2D eigenvalue weighted by Gasteiger charge is -2.33. The van der Waals surface area contributed by atoms with Crippen molar-refractivity contribution in [1.29, 1.82) is 0 Å². The van der Waals surface area contributed by atoms with E-state index in [0.717, 1.165) is 43.5 Å². The minimum atomic E-state index is -3.83. The summed E-state index contributed by atoms with van der Waals surface area (Å²) in [6, 6.07) is 7.91. The Kier molecular flexibility index (Phi) is 6.29. The van der Waals surface area contributed by atoms with E-state index >= 15 is 0 Å². The van der Waals surface area contributed by atoms with Crippen LogP contribution in [0.2, 0.25) is 0 Å². The minimum absolute atomic E-state index is 0.0823. The fourth-order valence-corrected chi connectivity index (χ4v) is 6.11. The van der Waals surface area contributed by atoms with Gasteiger partial charge < -0.3 is 9.42 Å². The molecule has 166 valence electrons. The van der Waals surface area contributed by atoms with Gasteiger partial charge in [0.25, 0.3) is 0 Å². The number of aryl methyl sites for hydroxylation is 2. The standard InChI is InChI=1S/C23H29N3O4S/c1-17-7-9-19(10-8-17)11-12-21-22(18(2)24-30-21)31(28,29)26-15-5-6-20(16-26)23(27)25-13-3-4-14-25/h7-12,20H,3-6,13-16H2,1-2H3/b12-11+/t20-/m0/s1. The topological polar surface area (TPSA) is 83.7 Å². The summed E-state index contributed by atoms with van der Waals surface area (Å²) < 4.78 is 33.8. The lowest BCUT2D eigenvalue weighted by atomic mass is 9.98. The molecule has 0 aliphatic carbocycles. The van der Waals surface area contributed by atoms with E-state index in [4.69, 9.17) is 4.52 Å². The molecule has 2 aliphatic heterocycles. The van der Waals surface area contributed by atoms with Crippen molar-refractivity contribution in [2.75, 3.05) is 26.2 Å². The fourth-order valence-electron chi connectivity index (χ4n) is 4.34. The number of hydrogen-bond acceptors (Lipinski definition) is 5. The number of aromatic nitrogens is 1. The summed E-state index contributed by atoms with van der Waals surface area (Å²) in [4.78, 5) is 14.8. The summed E-state index contributed by atoms with van der Waals surface area (Å²) in [7, 11) is -3.83. The highest BCUT2D eigenvalue weighted by Crippen LogP contribution is 2.30. The molecule has 2 aliphatic rings. The van der Waals surface area contributed by atoms with Gasteiger partial charge in [-0.25, -0.2) is 8.42 Å². The smallest absolute Gasteiger partial charge is 0.248 e. The largest absolute Gasteiger partial charge is 0.355 e. The normalized spacial score (nSPS) is 20.6. The summed E-state index contributed by atoms with van der Waals surface area (Å²) in [5.41, 5.74) is 2.42. The van der Waals surface area contributed by atoms with Gasteiger partial charge in [0.05, 0.1) is 5.92 Å². The molecule has 0 unspecified atom stereocenters. The Morgan fingerprint density at radius 2 is 1.77 bits per heavy atom. The summed E-state index contributed by atoms with van der Waals surface area (Å²) in [5.74, 6) is 0.0124. The number of nitrogens with zero attached hydrogens (tertiary/aromatic N) is 3. The molecule has 1 atom stereocenters. The number of hydrogen-bond donors (Lipinski definition) is 0. The van der Waals surface area contributed by atoms with Gasteiger partial charge in [-0.1, -0.05) is 41.1 Å². The third-order valence-electron chi connectivity index (χ3n) is 6.09. The molecule has 1 aromatic heterocycles. The highest BCUT2D eigenvalue weighted by molar-refractivity contribution is 7.89. The Morgan fingerprint density at radius 3 is 2.48 bits per heavy atom. The van der Waals surface area contributed by atoms with Gasteiger partial charge in [0.15, 0.2) is 10.7 Å². The molecule has 0 N–H and O–H groups in total. The van der Waals surface area contributed by atoms with Gasteiger partial charge in [-0.05, 0) is 51.2 Å². The first-order valence-corrected chi connectivity index (χ1v) is 12.3. The fraction of sp³-hybridized carbons (Fsp3) is 0.478. The lowest BCUT2D eigenvalue weighted by Crippen LogP contribution is -2.46. The van der Waals surface area contributed by atoms with Crippen LogP contribution in [0.3, 0.4) is 0 Å². The Balaban J connectivity index is 1.56. The van der Waals surface area contributed by atoms with Gasteiger partial charge in [-0.2, -0.15) is 4.31 Å². The van der Waals surface area contributed by atoms with Crippen LogP contribution in [-0.2, 0) is 14.8 Å². The zero-order valence-electron chi connectivity index (χ0n) is 18.1. The Morgan fingerprint density at radius 1 is 1.06 bits per heavy atom. The van der Waals surface area contributed by atoms with Crippen LogP contribution in [0.15, 0.2) is 33.7 Å². The predicted molar refractivity (Wildman–Crippen MR) is 119 cm³/mol. The van der Waals surface area contributed by atoms with E-state index in [2.05, 4.69) is 5.16 Å². The van der Waals surface area contributed by atoms with Crippen LogP contribution in [0.25, 0.3) is 12.2 Å². The SMILES string of the molecule is Cc1ccc(/C=C/c2onc(C)c2S(=O)(=O)N2CCC[C@H](C(=O)N3CCCC3)C2)cc1. The van der Waals surface area contributed by atoms with Crippen LogP contribution in [0.5, 0.6) is 0 Å². The van der Waals surface area contributed by atoms with Gasteiger partial charge >= 0.3 is 0 Å². The van der Waals surface area contributed by atoms with Crippen LogP contribution < -0.4 is 0 Å². The number of sulfonamides is 1. The second-order valence-electron chi connectivity index (χ2n) is 8.44. The van der Waals surface area contributed by atoms with Gasteiger partial charge in [-0.3, -0.25) is 4.79 Å². The molecule has 0 saturated carbocycles. The number of piperidine rings is 1. The van der Waals surface area contributed by atoms with Crippen molar-refractivity contribution in [1.82, 2.24) is 14.4 Å². The second-order valence-corrected chi connectivity index (χ2v) is 10.3. The molecular formula is C23H29N3O4S. The molecule has 1 aromatic carbocycles. The first-order valence-electron chi connectivity index (χ1n) is 10.9. The van der Waals surface area contributed by atoms with Gasteiger partial charge in [0.1, 0.15) is 5.69 Å². The number of carbonyl (C=O) groups is 1. The molecule has 2 fully saturated rings. The molecule has 31 heavy (non-hydrogen) atoms. The highest BCUT2D eigenvalue weighted by atomic mass is 32.2. The number of amides is 1. The van der Waals surface area contributed by atoms with Crippen molar-refractivity contribution in [3.63, 3.8) is 0 Å². The monoisotopic (exact) mass is 443 g/mol. The minimum Gasteiger partial charge on any atom is -0.355 e. The molecule has 0 bridgehead atoms. The number of carbonyl (C=O) groups excluding carboxylic acids is 1. The van der Waals surface area contributed by atoms with E-state index in [9.17, 15) is 13.2 Å². The van der Waals surface area contributed by atoms with Gasteiger partial charge in [0, 0.05) is 26.2 Å². The molecule has 3 heterocycles. The molecule has 0 radical (unpaired) electrons. The van der Waals surface area contributed by atoms with Crippen molar-refractivity contribution in [3.8, 4) is 0 Å². The van der Waals surface area contributed by atoms with Crippen LogP contribution in [-0.4, -0.2) is 54.9 Å². The Bertz CT molecular complexity index is 1070. The molecule has 1 amide bonds. The van der Waals surface area contributed by atoms with Crippen molar-refractivity contribution < 1.29 is 17.7 Å². The van der Waals surface area contributed by atoms with Crippen molar-refractivity contribution in [3.05, 3.63) is 46.8 Å². The van der Waals surface area contributed by atoms with E-state index in [-0.39, 0.29) is 29.0 Å². The molecule has 7 nitrogen and oxygen atoms in total. The third kappa shape index (κ3) is 4.60. The zero-order chi connectivity index (χ0) is 22.0. The first kappa shape index (κ1) is 21.8. The van der Waals surface area contributed by atoms with E-state index in [1.54, 1.807) is 13.0 Å². The maximum absolute atomic E-state index is 13.5. The maximum atomic E-state index is 13.5. The summed E-state index contributed by atoms with van der Waals surface area (Å²) >= 11 is 0. The van der Waals surface area contributed by atoms with Crippen molar-refractivity contribution in [2.45, 2.75) is 44.4 Å². The van der Waals surface area contributed by atoms with Gasteiger partial charge in [0.2, 0.25) is 15.9 Å². The molecule has 8 heteroatoms. The third-order valence-corrected chi connectivity index (χ3v) is 8.11. The maximum Gasteiger partial charge on any atom is 0.248 e. The average molecular weight is 444 g/mol. The van der Waals surface area contributed by atoms with Crippen LogP contribution >= 0.6 is 0 Å². The van der Waals surface area contributed by atoms with E-state index in [1.165, 1.54) is 4.31 Å². The number of benzene rings is 1. The molecule has 4 rings (SSSR count). The number of likely N-dealkylation sites (tertiary alicyclic amines) is 1. The van der Waals surface area contributed by atoms with E-state index in [1.807, 2.05) is 42.2 Å². The highest BCUT2D eigenvalue weighted by Gasteiger charge is 2.38. The second kappa shape index (κ2) is 8.96. The van der Waals surface area contributed by atoms with Crippen molar-refractivity contribution >= 4 is 28.1 Å². The van der Waals surface area contributed by atoms with E-state index < -0.39 is 10.0 Å². The van der Waals surface area contributed by atoms with Crippen LogP contribution in [0, 0.1) is 19.8 Å². The molecule has 2 saturated heterocycles. The summed E-state index contributed by atoms with van der Waals surface area (Å²) in [6.45, 7) is 5.82. The van der Waals surface area contributed by atoms with Crippen LogP contribution in [0.1, 0.15) is 48.3 Å². The first-order chi connectivity index (χ1) is 14.9. The molecule has 2 aromatic rings. The Hall–Kier alpha value is -2.45. The average Bonchev–Trinajstić information content (AvgIpc) is 3.43. The molecular weight excluding hydrogens is 414 g/mol. The summed E-state index contributed by atoms with van der Waals surface area (Å²) in [6.07, 6.45) is 6.91. The lowest BCUT2D eigenvalue weighted by molar-refractivity contribution is -0.135. The van der Waals surface area contributed by atoms with Gasteiger partial charge in [-0.15, -0.1) is 0 Å².